The highest BCUT2D eigenvalue weighted by Crippen LogP contribution is 2.17. The number of Topliss-reactive ketones (excluding diaryl/α,β-unsaturated/α-hetero) is 1. The Hall–Kier alpha value is -1.84. The van der Waals surface area contributed by atoms with E-state index in [-0.39, 0.29) is 11.8 Å². The molecule has 110 valence electrons. The van der Waals surface area contributed by atoms with E-state index in [1.165, 1.54) is 7.11 Å². The average molecular weight is 278 g/mol. The molecule has 0 radical (unpaired) electrons. The zero-order chi connectivity index (χ0) is 15.0. The van der Waals surface area contributed by atoms with Crippen molar-refractivity contribution in [3.8, 4) is 5.75 Å². The summed E-state index contributed by atoms with van der Waals surface area (Å²) in [5, 5.41) is 0. The lowest BCUT2D eigenvalue weighted by Crippen LogP contribution is -2.28. The van der Waals surface area contributed by atoms with Crippen LogP contribution in [-0.4, -0.2) is 25.0 Å². The molecule has 4 nitrogen and oxygen atoms in total. The number of carbonyl (C=O) groups is 2. The number of benzene rings is 1. The smallest absolute Gasteiger partial charge is 0.347 e. The van der Waals surface area contributed by atoms with Crippen LogP contribution < -0.4 is 4.74 Å². The Labute approximate surface area is 120 Å². The first-order valence-corrected chi connectivity index (χ1v) is 6.89. The van der Waals surface area contributed by atoms with E-state index < -0.39 is 6.10 Å². The summed E-state index contributed by atoms with van der Waals surface area (Å²) in [5.41, 5.74) is 0.938. The molecule has 0 spiro atoms. The second-order valence-electron chi connectivity index (χ2n) is 4.79. The number of rotatable bonds is 8. The topological polar surface area (TPSA) is 52.6 Å². The van der Waals surface area contributed by atoms with E-state index in [1.807, 2.05) is 12.1 Å². The van der Waals surface area contributed by atoms with Gasteiger partial charge in [0.1, 0.15) is 11.5 Å². The molecule has 1 rings (SSSR count). The summed E-state index contributed by atoms with van der Waals surface area (Å²) in [6.07, 6.45) is 2.38. The van der Waals surface area contributed by atoms with Crippen molar-refractivity contribution in [1.82, 2.24) is 0 Å². The van der Waals surface area contributed by atoms with E-state index in [9.17, 15) is 9.59 Å². The Kier molecular flexibility index (Phi) is 6.77. The van der Waals surface area contributed by atoms with Crippen molar-refractivity contribution in [3.05, 3.63) is 29.8 Å². The van der Waals surface area contributed by atoms with Gasteiger partial charge < -0.3 is 9.47 Å². The van der Waals surface area contributed by atoms with Gasteiger partial charge in [0.05, 0.1) is 7.11 Å². The van der Waals surface area contributed by atoms with Crippen LogP contribution in [0.2, 0.25) is 0 Å². The third-order valence-electron chi connectivity index (χ3n) is 2.94. The van der Waals surface area contributed by atoms with Gasteiger partial charge in [0.15, 0.2) is 6.10 Å². The number of hydrogen-bond acceptors (Lipinski definition) is 4. The van der Waals surface area contributed by atoms with Gasteiger partial charge in [-0.3, -0.25) is 4.79 Å². The molecule has 0 fully saturated rings. The van der Waals surface area contributed by atoms with E-state index in [1.54, 1.807) is 19.1 Å². The molecule has 0 saturated carbocycles. The predicted octanol–water partition coefficient (Wildman–Crippen LogP) is 2.93. The zero-order valence-corrected chi connectivity index (χ0v) is 12.3. The van der Waals surface area contributed by atoms with Crippen molar-refractivity contribution in [3.63, 3.8) is 0 Å². The maximum absolute atomic E-state index is 11.6. The summed E-state index contributed by atoms with van der Waals surface area (Å²) in [7, 11) is 1.36. The van der Waals surface area contributed by atoms with Crippen LogP contribution in [0.4, 0.5) is 0 Å². The minimum Gasteiger partial charge on any atom is -0.479 e. The van der Waals surface area contributed by atoms with Crippen LogP contribution in [0, 0.1) is 0 Å². The molecule has 0 aliphatic carbocycles. The third-order valence-corrected chi connectivity index (χ3v) is 2.94. The summed E-state index contributed by atoms with van der Waals surface area (Å²) in [4.78, 5) is 22.7. The molecular weight excluding hydrogens is 256 g/mol. The lowest BCUT2D eigenvalue weighted by atomic mass is 10.1. The van der Waals surface area contributed by atoms with Gasteiger partial charge in [0.2, 0.25) is 0 Å². The third kappa shape index (κ3) is 5.43. The van der Waals surface area contributed by atoms with Crippen LogP contribution in [0.25, 0.3) is 0 Å². The second-order valence-corrected chi connectivity index (χ2v) is 4.79. The number of unbranched alkanes of at least 4 members (excludes halogenated alkanes) is 1. The molecule has 0 amide bonds. The highest BCUT2D eigenvalue weighted by Gasteiger charge is 2.20. The van der Waals surface area contributed by atoms with Gasteiger partial charge in [0.25, 0.3) is 0 Å². The Morgan fingerprint density at radius 2 is 1.85 bits per heavy atom. The van der Waals surface area contributed by atoms with Gasteiger partial charge in [-0.25, -0.2) is 4.79 Å². The SMILES string of the molecule is CCCCC(Oc1ccc(CC(C)=O)cc1)C(=O)OC. The maximum atomic E-state index is 11.6. The number of ether oxygens (including phenoxy) is 2. The van der Waals surface area contributed by atoms with Crippen LogP contribution >= 0.6 is 0 Å². The lowest BCUT2D eigenvalue weighted by molar-refractivity contribution is -0.149. The summed E-state index contributed by atoms with van der Waals surface area (Å²) in [6, 6.07) is 7.23. The number of hydrogen-bond donors (Lipinski definition) is 0. The first-order valence-electron chi connectivity index (χ1n) is 6.89. The van der Waals surface area contributed by atoms with E-state index in [4.69, 9.17) is 9.47 Å². The molecule has 1 aromatic carbocycles. The van der Waals surface area contributed by atoms with Crippen LogP contribution in [0.1, 0.15) is 38.7 Å². The molecule has 0 saturated heterocycles. The Morgan fingerprint density at radius 3 is 2.35 bits per heavy atom. The molecule has 0 N–H and O–H groups in total. The van der Waals surface area contributed by atoms with Gasteiger partial charge in [0, 0.05) is 6.42 Å². The van der Waals surface area contributed by atoms with Crippen LogP contribution in [0.5, 0.6) is 5.75 Å². The minimum atomic E-state index is -0.571. The molecule has 1 aromatic rings. The van der Waals surface area contributed by atoms with Crippen molar-refractivity contribution >= 4 is 11.8 Å². The fourth-order valence-electron chi connectivity index (χ4n) is 1.88. The van der Waals surface area contributed by atoms with Gasteiger partial charge in [-0.05, 0) is 37.5 Å². The number of esters is 1. The van der Waals surface area contributed by atoms with Gasteiger partial charge in [-0.2, -0.15) is 0 Å². The van der Waals surface area contributed by atoms with Crippen molar-refractivity contribution < 1.29 is 19.1 Å². The molecular formula is C16H22O4. The van der Waals surface area contributed by atoms with Gasteiger partial charge in [-0.1, -0.05) is 25.5 Å². The van der Waals surface area contributed by atoms with E-state index >= 15 is 0 Å². The van der Waals surface area contributed by atoms with Crippen molar-refractivity contribution in [1.29, 1.82) is 0 Å². The van der Waals surface area contributed by atoms with Crippen molar-refractivity contribution in [2.75, 3.05) is 7.11 Å². The zero-order valence-electron chi connectivity index (χ0n) is 12.3. The van der Waals surface area contributed by atoms with Crippen LogP contribution in [-0.2, 0) is 20.7 Å². The van der Waals surface area contributed by atoms with Crippen LogP contribution in [0.3, 0.4) is 0 Å². The normalized spacial score (nSPS) is 11.8. The van der Waals surface area contributed by atoms with E-state index in [0.717, 1.165) is 18.4 Å². The molecule has 0 heterocycles. The largest absolute Gasteiger partial charge is 0.479 e. The maximum Gasteiger partial charge on any atom is 0.347 e. The Morgan fingerprint density at radius 1 is 1.20 bits per heavy atom. The Balaban J connectivity index is 2.67. The molecule has 1 unspecified atom stereocenters. The monoisotopic (exact) mass is 278 g/mol. The fraction of sp³-hybridized carbons (Fsp3) is 0.500. The molecule has 0 bridgehead atoms. The lowest BCUT2D eigenvalue weighted by Gasteiger charge is -2.16. The molecule has 1 atom stereocenters. The summed E-state index contributed by atoms with van der Waals surface area (Å²) in [5.74, 6) is 0.379. The van der Waals surface area contributed by atoms with Crippen molar-refractivity contribution in [2.24, 2.45) is 0 Å². The summed E-state index contributed by atoms with van der Waals surface area (Å²) < 4.78 is 10.4. The fourth-order valence-corrected chi connectivity index (χ4v) is 1.88. The summed E-state index contributed by atoms with van der Waals surface area (Å²) in [6.45, 7) is 3.62. The standard InChI is InChI=1S/C16H22O4/c1-4-5-6-15(16(18)19-3)20-14-9-7-13(8-10-14)11-12(2)17/h7-10,15H,4-6,11H2,1-3H3. The number of carbonyl (C=O) groups excluding carboxylic acids is 2. The van der Waals surface area contributed by atoms with Gasteiger partial charge >= 0.3 is 5.97 Å². The Bertz CT molecular complexity index is 436. The molecule has 20 heavy (non-hydrogen) atoms. The van der Waals surface area contributed by atoms with Crippen molar-refractivity contribution in [2.45, 2.75) is 45.6 Å². The molecule has 0 aliphatic heterocycles. The molecule has 4 heteroatoms. The highest BCUT2D eigenvalue weighted by molar-refractivity contribution is 5.78. The number of ketones is 1. The van der Waals surface area contributed by atoms with Crippen LogP contribution in [0.15, 0.2) is 24.3 Å². The second kappa shape index (κ2) is 8.35. The molecule has 0 aliphatic rings. The minimum absolute atomic E-state index is 0.119. The predicted molar refractivity (Wildman–Crippen MR) is 76.8 cm³/mol. The summed E-state index contributed by atoms with van der Waals surface area (Å²) >= 11 is 0. The van der Waals surface area contributed by atoms with E-state index in [2.05, 4.69) is 6.92 Å². The number of methoxy groups -OCH3 is 1. The quantitative estimate of drug-likeness (QED) is 0.686. The first-order chi connectivity index (χ1) is 9.56. The highest BCUT2D eigenvalue weighted by atomic mass is 16.6. The average Bonchev–Trinajstić information content (AvgIpc) is 2.43. The van der Waals surface area contributed by atoms with Gasteiger partial charge in [-0.15, -0.1) is 0 Å². The molecule has 0 aromatic heterocycles. The first kappa shape index (κ1) is 16.2. The van der Waals surface area contributed by atoms with E-state index in [0.29, 0.717) is 18.6 Å².